The second kappa shape index (κ2) is 7.28. The second-order valence-electron chi connectivity index (χ2n) is 6.67. The van der Waals surface area contributed by atoms with E-state index in [2.05, 4.69) is 4.72 Å². The Kier molecular flexibility index (Phi) is 5.06. The Hall–Kier alpha value is -2.14. The van der Waals surface area contributed by atoms with E-state index in [0.717, 1.165) is 28.2 Å². The van der Waals surface area contributed by atoms with E-state index in [4.69, 9.17) is 0 Å². The summed E-state index contributed by atoms with van der Waals surface area (Å²) in [6, 6.07) is 14.6. The zero-order valence-electron chi connectivity index (χ0n) is 14.7. The maximum Gasteiger partial charge on any atom is 0.325 e. The first-order chi connectivity index (χ1) is 13.7. The monoisotopic (exact) mass is 455 g/mol. The topological polar surface area (TPSA) is 83.5 Å². The van der Waals surface area contributed by atoms with Gasteiger partial charge in [0.05, 0.1) is 4.88 Å². The van der Waals surface area contributed by atoms with Gasteiger partial charge in [-0.3, -0.25) is 4.79 Å². The van der Waals surface area contributed by atoms with Crippen LogP contribution in [0, 0.1) is 0 Å². The lowest BCUT2D eigenvalue weighted by Crippen LogP contribution is -2.44. The lowest BCUT2D eigenvalue weighted by Gasteiger charge is -2.14. The Labute approximate surface area is 173 Å². The van der Waals surface area contributed by atoms with Gasteiger partial charge in [0, 0.05) is 15.7 Å². The van der Waals surface area contributed by atoms with Crippen molar-refractivity contribution in [1.29, 1.82) is 0 Å². The maximum absolute atomic E-state index is 12.8. The van der Waals surface area contributed by atoms with E-state index in [-0.39, 0.29) is 15.5 Å². The Morgan fingerprint density at radius 1 is 1.07 bits per heavy atom. The highest BCUT2D eigenvalue weighted by atomic mass is 32.2. The molecule has 2 aromatic heterocycles. The number of rotatable bonds is 7. The number of aliphatic carboxylic acids is 1. The first-order valence-corrected chi connectivity index (χ1v) is 11.6. The molecule has 4 rings (SSSR count). The summed E-state index contributed by atoms with van der Waals surface area (Å²) in [7, 11) is -4.09. The molecule has 2 atom stereocenters. The summed E-state index contributed by atoms with van der Waals surface area (Å²) in [6.07, 6.45) is -2.43. The van der Waals surface area contributed by atoms with Crippen LogP contribution in [0.1, 0.15) is 29.2 Å². The van der Waals surface area contributed by atoms with Gasteiger partial charge in [-0.1, -0.05) is 30.3 Å². The minimum Gasteiger partial charge on any atom is -0.480 e. The third-order valence-electron chi connectivity index (χ3n) is 4.79. The molecule has 29 heavy (non-hydrogen) atoms. The van der Waals surface area contributed by atoms with E-state index < -0.39 is 33.9 Å². The molecule has 152 valence electrons. The number of carboxylic acids is 1. The standard InChI is InChI=1S/C19H15F2NO4S3/c20-17(21)15-7-6-13(27-15)14-8-9-16(28-14)29(25,26)22-19(18(23)24)10-12(19)11-4-2-1-3-5-11/h1-9,12,17,22H,10H2,(H,23,24)/t12-,19+/m1/s1. The molecule has 0 bridgehead atoms. The van der Waals surface area contributed by atoms with Crippen molar-refractivity contribution in [1.82, 2.24) is 4.72 Å². The van der Waals surface area contributed by atoms with E-state index in [9.17, 15) is 27.1 Å². The maximum atomic E-state index is 12.8. The van der Waals surface area contributed by atoms with Gasteiger partial charge in [-0.05, 0) is 36.2 Å². The molecule has 1 fully saturated rings. The van der Waals surface area contributed by atoms with Crippen LogP contribution in [0.15, 0.2) is 58.8 Å². The van der Waals surface area contributed by atoms with Crippen LogP contribution in [-0.2, 0) is 14.8 Å². The molecule has 1 aliphatic rings. The Balaban J connectivity index is 1.59. The first-order valence-electron chi connectivity index (χ1n) is 8.53. The van der Waals surface area contributed by atoms with Gasteiger partial charge >= 0.3 is 5.97 Å². The number of alkyl halides is 2. The molecular formula is C19H15F2NO4S3. The fraction of sp³-hybridized carbons (Fsp3) is 0.211. The van der Waals surface area contributed by atoms with Gasteiger partial charge in [-0.25, -0.2) is 17.2 Å². The fourth-order valence-corrected chi connectivity index (χ4v) is 6.90. The molecule has 3 aromatic rings. The third kappa shape index (κ3) is 3.73. The molecule has 0 radical (unpaired) electrons. The molecule has 1 aliphatic carbocycles. The number of nitrogens with one attached hydrogen (secondary N) is 1. The number of carbonyl (C=O) groups is 1. The fourth-order valence-electron chi connectivity index (χ4n) is 3.23. The summed E-state index contributed by atoms with van der Waals surface area (Å²) in [5.74, 6) is -1.69. The number of carboxylic acid groups (broad SMARTS) is 1. The van der Waals surface area contributed by atoms with Crippen molar-refractivity contribution in [2.75, 3.05) is 0 Å². The molecule has 2 N–H and O–H groups in total. The lowest BCUT2D eigenvalue weighted by atomic mass is 10.1. The van der Waals surface area contributed by atoms with E-state index in [1.165, 1.54) is 24.3 Å². The number of hydrogen-bond acceptors (Lipinski definition) is 5. The largest absolute Gasteiger partial charge is 0.480 e. The van der Waals surface area contributed by atoms with E-state index >= 15 is 0 Å². The summed E-state index contributed by atoms with van der Waals surface area (Å²) in [5.41, 5.74) is -0.835. The molecule has 10 heteroatoms. The molecule has 0 unspecified atom stereocenters. The van der Waals surface area contributed by atoms with Crippen molar-refractivity contribution in [3.8, 4) is 9.75 Å². The Morgan fingerprint density at radius 3 is 2.34 bits per heavy atom. The second-order valence-corrected chi connectivity index (χ2v) is 10.8. The SMILES string of the molecule is O=C(O)[C@]1(NS(=O)(=O)c2ccc(-c3ccc(C(F)F)s3)s2)C[C@@H]1c1ccccc1. The van der Waals surface area contributed by atoms with Crippen LogP contribution in [0.5, 0.6) is 0 Å². The highest BCUT2D eigenvalue weighted by Gasteiger charge is 2.63. The van der Waals surface area contributed by atoms with Crippen molar-refractivity contribution in [3.05, 3.63) is 65.0 Å². The van der Waals surface area contributed by atoms with Gasteiger partial charge in [0.1, 0.15) is 9.75 Å². The average Bonchev–Trinajstić information content (AvgIpc) is 3.06. The normalized spacial score (nSPS) is 21.4. The summed E-state index contributed by atoms with van der Waals surface area (Å²) < 4.78 is 53.6. The third-order valence-corrected chi connectivity index (χ3v) is 9.17. The molecule has 0 amide bonds. The number of thiophene rings is 2. The number of benzene rings is 1. The summed E-state index contributed by atoms with van der Waals surface area (Å²) in [6.45, 7) is 0. The van der Waals surface area contributed by atoms with E-state index in [0.29, 0.717) is 9.75 Å². The van der Waals surface area contributed by atoms with Gasteiger partial charge in [0.25, 0.3) is 16.4 Å². The number of halogens is 2. The molecular weight excluding hydrogens is 440 g/mol. The molecule has 2 heterocycles. The quantitative estimate of drug-likeness (QED) is 0.541. The van der Waals surface area contributed by atoms with Crippen LogP contribution in [0.3, 0.4) is 0 Å². The van der Waals surface area contributed by atoms with Crippen LogP contribution in [-0.4, -0.2) is 25.0 Å². The predicted octanol–water partition coefficient (Wildman–Crippen LogP) is 4.70. The summed E-state index contributed by atoms with van der Waals surface area (Å²) >= 11 is 1.81. The number of sulfonamides is 1. The summed E-state index contributed by atoms with van der Waals surface area (Å²) in [4.78, 5) is 12.8. The molecule has 0 aliphatic heterocycles. The molecule has 1 saturated carbocycles. The predicted molar refractivity (Wildman–Crippen MR) is 107 cm³/mol. The molecule has 0 saturated heterocycles. The highest BCUT2D eigenvalue weighted by molar-refractivity contribution is 7.91. The van der Waals surface area contributed by atoms with Crippen LogP contribution < -0.4 is 4.72 Å². The van der Waals surface area contributed by atoms with Gasteiger partial charge in [-0.15, -0.1) is 22.7 Å². The lowest BCUT2D eigenvalue weighted by molar-refractivity contribution is -0.140. The summed E-state index contributed by atoms with van der Waals surface area (Å²) in [5, 5.41) is 9.69. The van der Waals surface area contributed by atoms with E-state index in [1.807, 2.05) is 0 Å². The van der Waals surface area contributed by atoms with Crippen LogP contribution in [0.4, 0.5) is 8.78 Å². The minimum atomic E-state index is -4.09. The van der Waals surface area contributed by atoms with Crippen molar-refractivity contribution in [3.63, 3.8) is 0 Å². The van der Waals surface area contributed by atoms with Gasteiger partial charge in [0.2, 0.25) is 0 Å². The molecule has 1 aromatic carbocycles. The molecule has 5 nitrogen and oxygen atoms in total. The first kappa shape index (κ1) is 20.1. The highest BCUT2D eigenvalue weighted by Crippen LogP contribution is 2.52. The Morgan fingerprint density at radius 2 is 1.72 bits per heavy atom. The van der Waals surface area contributed by atoms with E-state index in [1.54, 1.807) is 30.3 Å². The van der Waals surface area contributed by atoms with Crippen LogP contribution in [0.25, 0.3) is 9.75 Å². The van der Waals surface area contributed by atoms with Crippen molar-refractivity contribution >= 4 is 38.7 Å². The smallest absolute Gasteiger partial charge is 0.325 e. The number of hydrogen-bond donors (Lipinski definition) is 2. The Bertz CT molecular complexity index is 1160. The van der Waals surface area contributed by atoms with Gasteiger partial charge < -0.3 is 5.11 Å². The molecule has 0 spiro atoms. The van der Waals surface area contributed by atoms with Gasteiger partial charge in [-0.2, -0.15) is 4.72 Å². The van der Waals surface area contributed by atoms with Crippen molar-refractivity contribution in [2.24, 2.45) is 0 Å². The van der Waals surface area contributed by atoms with Gasteiger partial charge in [0.15, 0.2) is 0 Å². The minimum absolute atomic E-state index is 0.0566. The van der Waals surface area contributed by atoms with Crippen molar-refractivity contribution in [2.45, 2.75) is 28.5 Å². The zero-order valence-corrected chi connectivity index (χ0v) is 17.2. The van der Waals surface area contributed by atoms with Crippen LogP contribution >= 0.6 is 22.7 Å². The average molecular weight is 456 g/mol. The van der Waals surface area contributed by atoms with Crippen molar-refractivity contribution < 1.29 is 27.1 Å². The zero-order chi connectivity index (χ0) is 20.8. The van der Waals surface area contributed by atoms with Crippen LogP contribution in [0.2, 0.25) is 0 Å².